The van der Waals surface area contributed by atoms with Crippen LogP contribution in [-0.4, -0.2) is 0 Å². The maximum absolute atomic E-state index is 13.8. The Balaban J connectivity index is 2.65. The molecular formula is C14H12F2. The largest absolute Gasteiger partial charge is 0.207 e. The summed E-state index contributed by atoms with van der Waals surface area (Å²) in [6.07, 6.45) is 9.45. The van der Waals surface area contributed by atoms with E-state index in [-0.39, 0.29) is 0 Å². The summed E-state index contributed by atoms with van der Waals surface area (Å²) in [6, 6.07) is 0. The van der Waals surface area contributed by atoms with E-state index in [0.29, 0.717) is 11.1 Å². The van der Waals surface area contributed by atoms with E-state index in [9.17, 15) is 8.78 Å². The molecule has 0 aromatic heterocycles. The fraction of sp³-hybridized carbons (Fsp3) is 0.143. The molecule has 82 valence electrons. The second-order valence-corrected chi connectivity index (χ2v) is 4.00. The Labute approximate surface area is 93.7 Å². The number of hydrogen-bond donors (Lipinski definition) is 0. The van der Waals surface area contributed by atoms with Crippen LogP contribution in [0.25, 0.3) is 0 Å². The highest BCUT2D eigenvalue weighted by atomic mass is 19.1. The van der Waals surface area contributed by atoms with Crippen LogP contribution in [0.3, 0.4) is 0 Å². The van der Waals surface area contributed by atoms with E-state index in [1.165, 1.54) is 18.2 Å². The predicted octanol–water partition coefficient (Wildman–Crippen LogP) is 4.47. The minimum atomic E-state index is -0.421. The number of hydrogen-bond acceptors (Lipinski definition) is 0. The standard InChI is InChI=1S/C14H12F2/c1-9-3-4-11-5-10(2)6-12(15)8-13(11)14(16)7-9/h3-8H,1-2H3. The second kappa shape index (κ2) is 4.05. The summed E-state index contributed by atoms with van der Waals surface area (Å²) in [4.78, 5) is 0. The zero-order valence-corrected chi connectivity index (χ0v) is 9.22. The van der Waals surface area contributed by atoms with Gasteiger partial charge in [-0.15, -0.1) is 0 Å². The third-order valence-electron chi connectivity index (χ3n) is 2.48. The van der Waals surface area contributed by atoms with Gasteiger partial charge in [-0.1, -0.05) is 18.2 Å². The normalized spacial score (nSPS) is 20.2. The Morgan fingerprint density at radius 2 is 1.56 bits per heavy atom. The molecule has 0 fully saturated rings. The molecule has 2 heteroatoms. The Morgan fingerprint density at radius 3 is 2.31 bits per heavy atom. The summed E-state index contributed by atoms with van der Waals surface area (Å²) in [5.41, 5.74) is 2.59. The molecule has 2 aliphatic carbocycles. The molecule has 0 amide bonds. The van der Waals surface area contributed by atoms with Gasteiger partial charge in [-0.25, -0.2) is 8.78 Å². The molecule has 0 saturated carbocycles. The molecule has 0 nitrogen and oxygen atoms in total. The van der Waals surface area contributed by atoms with Crippen LogP contribution in [0.5, 0.6) is 0 Å². The van der Waals surface area contributed by atoms with Crippen LogP contribution in [-0.2, 0) is 0 Å². The Hall–Kier alpha value is -1.70. The van der Waals surface area contributed by atoms with Crippen molar-refractivity contribution in [3.8, 4) is 0 Å². The number of rotatable bonds is 0. The third-order valence-corrected chi connectivity index (χ3v) is 2.48. The topological polar surface area (TPSA) is 0 Å². The van der Waals surface area contributed by atoms with Crippen LogP contribution >= 0.6 is 0 Å². The summed E-state index contributed by atoms with van der Waals surface area (Å²) in [6.45, 7) is 3.60. The number of fused-ring (bicyclic) bond motifs is 1. The van der Waals surface area contributed by atoms with Crippen molar-refractivity contribution < 1.29 is 8.78 Å². The molecule has 0 N–H and O–H groups in total. The highest BCUT2D eigenvalue weighted by Crippen LogP contribution is 2.29. The van der Waals surface area contributed by atoms with E-state index in [1.54, 1.807) is 19.1 Å². The van der Waals surface area contributed by atoms with E-state index < -0.39 is 11.7 Å². The van der Waals surface area contributed by atoms with Crippen molar-refractivity contribution in [3.63, 3.8) is 0 Å². The lowest BCUT2D eigenvalue weighted by atomic mass is 10.0. The van der Waals surface area contributed by atoms with Crippen molar-refractivity contribution in [3.05, 3.63) is 70.4 Å². The maximum Gasteiger partial charge on any atom is 0.131 e. The molecule has 0 bridgehead atoms. The zero-order chi connectivity index (χ0) is 11.7. The van der Waals surface area contributed by atoms with Crippen molar-refractivity contribution in [2.75, 3.05) is 0 Å². The monoisotopic (exact) mass is 218 g/mol. The zero-order valence-electron chi connectivity index (χ0n) is 9.22. The van der Waals surface area contributed by atoms with E-state index in [0.717, 1.165) is 11.1 Å². The van der Waals surface area contributed by atoms with Crippen molar-refractivity contribution in [2.24, 2.45) is 0 Å². The van der Waals surface area contributed by atoms with Gasteiger partial charge < -0.3 is 0 Å². The van der Waals surface area contributed by atoms with Crippen molar-refractivity contribution in [1.29, 1.82) is 0 Å². The smallest absolute Gasteiger partial charge is 0.131 e. The lowest BCUT2D eigenvalue weighted by Crippen LogP contribution is -1.85. The quantitative estimate of drug-likeness (QED) is 0.563. The van der Waals surface area contributed by atoms with Crippen LogP contribution in [0.15, 0.2) is 70.4 Å². The SMILES string of the molecule is CC1=CC(F)=CC2=C(F)C=C(C)C=CC2=C1. The fourth-order valence-corrected chi connectivity index (χ4v) is 1.74. The van der Waals surface area contributed by atoms with Gasteiger partial charge in [0.2, 0.25) is 0 Å². The second-order valence-electron chi connectivity index (χ2n) is 4.00. The molecule has 0 spiro atoms. The Morgan fingerprint density at radius 1 is 0.812 bits per heavy atom. The predicted molar refractivity (Wildman–Crippen MR) is 62.1 cm³/mol. The summed E-state index contributed by atoms with van der Waals surface area (Å²) in [7, 11) is 0. The first-order chi connectivity index (χ1) is 7.56. The number of allylic oxidation sites excluding steroid dienone is 12. The van der Waals surface area contributed by atoms with E-state index >= 15 is 0 Å². The van der Waals surface area contributed by atoms with Gasteiger partial charge in [0.05, 0.1) is 0 Å². The lowest BCUT2D eigenvalue weighted by Gasteiger charge is -2.01. The molecule has 0 heterocycles. The molecular weight excluding hydrogens is 206 g/mol. The van der Waals surface area contributed by atoms with Crippen LogP contribution < -0.4 is 0 Å². The molecule has 0 aromatic rings. The molecule has 2 rings (SSSR count). The van der Waals surface area contributed by atoms with Gasteiger partial charge in [-0.2, -0.15) is 0 Å². The summed E-state index contributed by atoms with van der Waals surface area (Å²) < 4.78 is 27.2. The summed E-state index contributed by atoms with van der Waals surface area (Å²) in [5.74, 6) is -0.817. The molecule has 0 unspecified atom stereocenters. The molecule has 0 radical (unpaired) electrons. The van der Waals surface area contributed by atoms with Crippen LogP contribution in [0, 0.1) is 0 Å². The molecule has 16 heavy (non-hydrogen) atoms. The number of halogens is 2. The fourth-order valence-electron chi connectivity index (χ4n) is 1.74. The van der Waals surface area contributed by atoms with E-state index in [2.05, 4.69) is 0 Å². The minimum absolute atomic E-state index is 0.304. The van der Waals surface area contributed by atoms with Crippen molar-refractivity contribution >= 4 is 0 Å². The molecule has 0 saturated heterocycles. The first kappa shape index (κ1) is 10.8. The molecule has 2 aliphatic rings. The summed E-state index contributed by atoms with van der Waals surface area (Å²) >= 11 is 0. The third kappa shape index (κ3) is 2.11. The van der Waals surface area contributed by atoms with Gasteiger partial charge in [-0.3, -0.25) is 0 Å². The summed E-state index contributed by atoms with van der Waals surface area (Å²) in [5, 5.41) is 0. The van der Waals surface area contributed by atoms with E-state index in [1.807, 2.05) is 13.0 Å². The van der Waals surface area contributed by atoms with Crippen molar-refractivity contribution in [2.45, 2.75) is 13.8 Å². The maximum atomic E-state index is 13.8. The highest BCUT2D eigenvalue weighted by Gasteiger charge is 2.13. The molecule has 0 atom stereocenters. The van der Waals surface area contributed by atoms with Gasteiger partial charge in [-0.05, 0) is 48.8 Å². The van der Waals surface area contributed by atoms with Crippen LogP contribution in [0.2, 0.25) is 0 Å². The molecule has 0 aliphatic heterocycles. The van der Waals surface area contributed by atoms with Gasteiger partial charge in [0, 0.05) is 5.57 Å². The average Bonchev–Trinajstić information content (AvgIpc) is 2.39. The first-order valence-electron chi connectivity index (χ1n) is 5.10. The minimum Gasteiger partial charge on any atom is -0.207 e. The van der Waals surface area contributed by atoms with Gasteiger partial charge in [0.25, 0.3) is 0 Å². The Kier molecular flexibility index (Phi) is 2.73. The lowest BCUT2D eigenvalue weighted by molar-refractivity contribution is 0.649. The first-order valence-corrected chi connectivity index (χ1v) is 5.10. The van der Waals surface area contributed by atoms with Gasteiger partial charge >= 0.3 is 0 Å². The van der Waals surface area contributed by atoms with Gasteiger partial charge in [0.1, 0.15) is 11.7 Å². The van der Waals surface area contributed by atoms with Crippen LogP contribution in [0.1, 0.15) is 13.8 Å². The Bertz CT molecular complexity index is 509. The average molecular weight is 218 g/mol. The van der Waals surface area contributed by atoms with Crippen LogP contribution in [0.4, 0.5) is 8.78 Å². The highest BCUT2D eigenvalue weighted by molar-refractivity contribution is 5.59. The van der Waals surface area contributed by atoms with Gasteiger partial charge in [0.15, 0.2) is 0 Å². The van der Waals surface area contributed by atoms with E-state index in [4.69, 9.17) is 0 Å². The van der Waals surface area contributed by atoms with Crippen molar-refractivity contribution in [1.82, 2.24) is 0 Å². The molecule has 0 aromatic carbocycles.